The van der Waals surface area contributed by atoms with Gasteiger partial charge in [-0.2, -0.15) is 0 Å². The number of nitrogens with one attached hydrogen (secondary N) is 1. The quantitative estimate of drug-likeness (QED) is 0.160. The van der Waals surface area contributed by atoms with Crippen molar-refractivity contribution in [2.24, 2.45) is 0 Å². The smallest absolute Gasteiger partial charge is 0.468 e. The molecule has 9 nitrogen and oxygen atoms in total. The maximum atomic E-state index is 14.7. The molecule has 1 amide bonds. The van der Waals surface area contributed by atoms with Crippen LogP contribution in [0.3, 0.4) is 0 Å². The van der Waals surface area contributed by atoms with Crippen LogP contribution in [0.2, 0.25) is 0 Å². The number of nitro groups is 1. The third-order valence-electron chi connectivity index (χ3n) is 5.34. The Morgan fingerprint density at radius 3 is 2.40 bits per heavy atom. The molecule has 4 rings (SSSR count). The number of hydrogen-bond acceptors (Lipinski definition) is 7. The molecule has 1 N–H and O–H groups in total. The third-order valence-corrected chi connectivity index (χ3v) is 5.34. The van der Waals surface area contributed by atoms with Gasteiger partial charge in [0.2, 0.25) is 0 Å². The minimum Gasteiger partial charge on any atom is -0.468 e. The van der Waals surface area contributed by atoms with Crippen LogP contribution >= 0.6 is 0 Å². The molecule has 4 aromatic rings. The Bertz CT molecular complexity index is 1540. The fourth-order valence-corrected chi connectivity index (χ4v) is 3.56. The Kier molecular flexibility index (Phi) is 8.17. The summed E-state index contributed by atoms with van der Waals surface area (Å²) in [5.74, 6) is -4.95. The standard InChI is InChI=1S/C26H17F5N4O5/c27-17-7-4-12-32-23(17)22(16-8-11-21(18(28)13-16)40-26(29,30)31)34-24(36)19-9-10-20(35(37)38)25(33-19)39-14-15-5-2-1-3-6-15/h1-13,22H,14H2,(H,34,36). The number of pyridine rings is 2. The summed E-state index contributed by atoms with van der Waals surface area (Å²) in [5.41, 5.74) is -0.809. The molecule has 1 atom stereocenters. The van der Waals surface area contributed by atoms with Crippen LogP contribution in [0.1, 0.15) is 33.4 Å². The minimum atomic E-state index is -5.16. The first kappa shape index (κ1) is 27.9. The third kappa shape index (κ3) is 6.83. The van der Waals surface area contributed by atoms with Crippen LogP contribution in [0.25, 0.3) is 0 Å². The molecule has 0 bridgehead atoms. The van der Waals surface area contributed by atoms with E-state index < -0.39 is 52.2 Å². The van der Waals surface area contributed by atoms with Gasteiger partial charge in [-0.25, -0.2) is 13.8 Å². The fourth-order valence-electron chi connectivity index (χ4n) is 3.56. The maximum absolute atomic E-state index is 14.7. The Morgan fingerprint density at radius 2 is 1.75 bits per heavy atom. The number of alkyl halides is 3. The summed E-state index contributed by atoms with van der Waals surface area (Å²) in [6.07, 6.45) is -3.97. The topological polar surface area (TPSA) is 116 Å². The fraction of sp³-hybridized carbons (Fsp3) is 0.115. The summed E-state index contributed by atoms with van der Waals surface area (Å²) in [4.78, 5) is 31.7. The number of amides is 1. The molecule has 0 aliphatic carbocycles. The maximum Gasteiger partial charge on any atom is 0.573 e. The highest BCUT2D eigenvalue weighted by atomic mass is 19.4. The molecule has 0 fully saturated rings. The number of hydrogen-bond donors (Lipinski definition) is 1. The van der Waals surface area contributed by atoms with Gasteiger partial charge in [-0.15, -0.1) is 13.2 Å². The molecule has 0 saturated carbocycles. The molecule has 2 heterocycles. The Morgan fingerprint density at radius 1 is 1.00 bits per heavy atom. The van der Waals surface area contributed by atoms with Gasteiger partial charge in [0.05, 0.1) is 11.0 Å². The summed E-state index contributed by atoms with van der Waals surface area (Å²) < 4.78 is 75.9. The number of halogens is 5. The van der Waals surface area contributed by atoms with Crippen molar-refractivity contribution in [2.75, 3.05) is 0 Å². The van der Waals surface area contributed by atoms with Gasteiger partial charge in [0, 0.05) is 12.3 Å². The average Bonchev–Trinajstić information content (AvgIpc) is 2.91. The van der Waals surface area contributed by atoms with Crippen LogP contribution in [-0.2, 0) is 6.61 Å². The molecule has 1 unspecified atom stereocenters. The van der Waals surface area contributed by atoms with Crippen molar-refractivity contribution in [3.8, 4) is 11.6 Å². The molecular formula is C26H17F5N4O5. The number of carbonyl (C=O) groups excluding carboxylic acids is 1. The lowest BCUT2D eigenvalue weighted by molar-refractivity contribution is -0.386. The summed E-state index contributed by atoms with van der Waals surface area (Å²) in [5, 5.41) is 13.9. The lowest BCUT2D eigenvalue weighted by atomic mass is 10.0. The molecule has 0 aliphatic heterocycles. The Balaban J connectivity index is 1.66. The molecule has 14 heteroatoms. The number of carbonyl (C=O) groups is 1. The van der Waals surface area contributed by atoms with Crippen molar-refractivity contribution in [1.29, 1.82) is 0 Å². The monoisotopic (exact) mass is 560 g/mol. The first-order valence-corrected chi connectivity index (χ1v) is 11.3. The zero-order valence-corrected chi connectivity index (χ0v) is 20.1. The van der Waals surface area contributed by atoms with E-state index in [2.05, 4.69) is 20.0 Å². The van der Waals surface area contributed by atoms with Gasteiger partial charge in [-0.05, 0) is 41.5 Å². The second kappa shape index (κ2) is 11.7. The van der Waals surface area contributed by atoms with Crippen LogP contribution < -0.4 is 14.8 Å². The zero-order valence-electron chi connectivity index (χ0n) is 20.1. The lowest BCUT2D eigenvalue weighted by Crippen LogP contribution is -2.31. The number of ether oxygens (including phenoxy) is 2. The lowest BCUT2D eigenvalue weighted by Gasteiger charge is -2.20. The van der Waals surface area contributed by atoms with Gasteiger partial charge in [-0.3, -0.25) is 19.9 Å². The van der Waals surface area contributed by atoms with Crippen LogP contribution in [0.5, 0.6) is 11.6 Å². The van der Waals surface area contributed by atoms with E-state index in [0.29, 0.717) is 17.7 Å². The van der Waals surface area contributed by atoms with E-state index in [1.165, 1.54) is 12.3 Å². The summed E-state index contributed by atoms with van der Waals surface area (Å²) in [7, 11) is 0. The predicted molar refractivity (Wildman–Crippen MR) is 128 cm³/mol. The molecule has 0 radical (unpaired) electrons. The second-order valence-electron chi connectivity index (χ2n) is 8.07. The highest BCUT2D eigenvalue weighted by Gasteiger charge is 2.33. The normalized spacial score (nSPS) is 11.9. The van der Waals surface area contributed by atoms with Gasteiger partial charge >= 0.3 is 12.0 Å². The van der Waals surface area contributed by atoms with Gasteiger partial charge in [-0.1, -0.05) is 36.4 Å². The highest BCUT2D eigenvalue weighted by molar-refractivity contribution is 5.93. The minimum absolute atomic E-state index is 0.104. The van der Waals surface area contributed by atoms with Crippen LogP contribution in [0.4, 0.5) is 27.6 Å². The molecule has 0 spiro atoms. The van der Waals surface area contributed by atoms with Crippen LogP contribution in [0, 0.1) is 21.7 Å². The number of nitrogens with zero attached hydrogens (tertiary/aromatic N) is 3. The average molecular weight is 560 g/mol. The van der Waals surface area contributed by atoms with Gasteiger partial charge in [0.25, 0.3) is 11.8 Å². The van der Waals surface area contributed by atoms with Gasteiger partial charge in [0.1, 0.15) is 23.8 Å². The van der Waals surface area contributed by atoms with E-state index in [1.54, 1.807) is 30.3 Å². The summed E-state index contributed by atoms with van der Waals surface area (Å²) in [6.45, 7) is -0.104. The Hall–Kier alpha value is -5.14. The van der Waals surface area contributed by atoms with Crippen molar-refractivity contribution in [1.82, 2.24) is 15.3 Å². The second-order valence-corrected chi connectivity index (χ2v) is 8.07. The predicted octanol–water partition coefficient (Wildman–Crippen LogP) is 5.66. The van der Waals surface area contributed by atoms with E-state index >= 15 is 0 Å². The Labute approximate surface area is 222 Å². The van der Waals surface area contributed by atoms with Crippen LogP contribution in [-0.4, -0.2) is 27.2 Å². The molecular weight excluding hydrogens is 543 g/mol. The van der Waals surface area contributed by atoms with Crippen molar-refractivity contribution in [2.45, 2.75) is 19.0 Å². The van der Waals surface area contributed by atoms with Gasteiger partial charge in [0.15, 0.2) is 11.6 Å². The van der Waals surface area contributed by atoms with Crippen molar-refractivity contribution in [3.63, 3.8) is 0 Å². The molecule has 206 valence electrons. The number of benzene rings is 2. The molecule has 40 heavy (non-hydrogen) atoms. The number of rotatable bonds is 9. The van der Waals surface area contributed by atoms with E-state index in [-0.39, 0.29) is 23.6 Å². The summed E-state index contributed by atoms with van der Waals surface area (Å²) in [6, 6.07) is 13.7. The van der Waals surface area contributed by atoms with E-state index in [1.807, 2.05) is 0 Å². The first-order valence-electron chi connectivity index (χ1n) is 11.3. The zero-order chi connectivity index (χ0) is 28.9. The van der Waals surface area contributed by atoms with Crippen molar-refractivity contribution < 1.29 is 41.1 Å². The van der Waals surface area contributed by atoms with E-state index in [9.17, 15) is 36.9 Å². The van der Waals surface area contributed by atoms with Crippen molar-refractivity contribution >= 4 is 11.6 Å². The molecule has 0 saturated heterocycles. The largest absolute Gasteiger partial charge is 0.573 e. The van der Waals surface area contributed by atoms with E-state index in [0.717, 1.165) is 24.3 Å². The molecule has 2 aromatic carbocycles. The number of aromatic nitrogens is 2. The van der Waals surface area contributed by atoms with Crippen molar-refractivity contribution in [3.05, 3.63) is 123 Å². The summed E-state index contributed by atoms with van der Waals surface area (Å²) >= 11 is 0. The molecule has 2 aromatic heterocycles. The van der Waals surface area contributed by atoms with Crippen LogP contribution in [0.15, 0.2) is 79.0 Å². The first-order chi connectivity index (χ1) is 19.0. The van der Waals surface area contributed by atoms with E-state index in [4.69, 9.17) is 4.74 Å². The molecule has 0 aliphatic rings. The van der Waals surface area contributed by atoms with Gasteiger partial charge < -0.3 is 14.8 Å². The SMILES string of the molecule is O=C(NC(c1ccc(OC(F)(F)F)c(F)c1)c1ncccc1F)c1ccc([N+](=O)[O-])c(OCc2ccccc2)n1. The highest BCUT2D eigenvalue weighted by Crippen LogP contribution is 2.31.